The molecular weight excluding hydrogens is 356 g/mol. The van der Waals surface area contributed by atoms with Crippen molar-refractivity contribution in [2.75, 3.05) is 13.1 Å². The van der Waals surface area contributed by atoms with Gasteiger partial charge in [-0.15, -0.1) is 0 Å². The molecule has 0 unspecified atom stereocenters. The van der Waals surface area contributed by atoms with E-state index in [1.54, 1.807) is 11.0 Å². The zero-order chi connectivity index (χ0) is 15.6. The monoisotopic (exact) mass is 374 g/mol. The van der Waals surface area contributed by atoms with E-state index in [1.165, 1.54) is 12.1 Å². The summed E-state index contributed by atoms with van der Waals surface area (Å²) in [5.41, 5.74) is 0.344. The lowest BCUT2D eigenvalue weighted by molar-refractivity contribution is 0.0687. The predicted molar refractivity (Wildman–Crippen MR) is 84.4 cm³/mol. The van der Waals surface area contributed by atoms with E-state index in [0.29, 0.717) is 29.0 Å². The Labute approximate surface area is 133 Å². The average molecular weight is 375 g/mol. The van der Waals surface area contributed by atoms with Gasteiger partial charge in [0.25, 0.3) is 5.91 Å². The highest BCUT2D eigenvalue weighted by atomic mass is 79.9. The minimum absolute atomic E-state index is 0.0440. The van der Waals surface area contributed by atoms with Gasteiger partial charge in [0.05, 0.1) is 10.5 Å². The molecule has 2 rings (SSSR count). The normalized spacial score (nSPS) is 17.0. The lowest BCUT2D eigenvalue weighted by atomic mass is 9.94. The van der Waals surface area contributed by atoms with Gasteiger partial charge in [0.15, 0.2) is 0 Å². The van der Waals surface area contributed by atoms with Crippen LogP contribution in [0, 0.1) is 5.92 Å². The van der Waals surface area contributed by atoms with Crippen LogP contribution in [-0.4, -0.2) is 32.3 Å². The zero-order valence-electron chi connectivity index (χ0n) is 11.9. The second-order valence-electron chi connectivity index (χ2n) is 5.33. The fourth-order valence-electron chi connectivity index (χ4n) is 2.56. The number of rotatable bonds is 3. The first kappa shape index (κ1) is 16.5. The number of sulfonamides is 1. The molecule has 21 heavy (non-hydrogen) atoms. The molecule has 0 aromatic heterocycles. The number of primary sulfonamides is 1. The highest BCUT2D eigenvalue weighted by molar-refractivity contribution is 9.10. The molecule has 1 amide bonds. The summed E-state index contributed by atoms with van der Waals surface area (Å²) in [7, 11) is -3.81. The third-order valence-corrected chi connectivity index (χ3v) is 5.58. The first-order chi connectivity index (χ1) is 9.82. The third kappa shape index (κ3) is 3.84. The van der Waals surface area contributed by atoms with Crippen LogP contribution in [-0.2, 0) is 10.0 Å². The van der Waals surface area contributed by atoms with E-state index in [2.05, 4.69) is 22.9 Å². The van der Waals surface area contributed by atoms with Gasteiger partial charge in [-0.05, 0) is 52.9 Å². The lowest BCUT2D eigenvalue weighted by Gasteiger charge is -2.31. The number of nitrogens with two attached hydrogens (primary N) is 1. The summed E-state index contributed by atoms with van der Waals surface area (Å²) >= 11 is 3.31. The van der Waals surface area contributed by atoms with E-state index in [0.717, 1.165) is 19.3 Å². The van der Waals surface area contributed by atoms with Gasteiger partial charge in [-0.3, -0.25) is 4.79 Å². The largest absolute Gasteiger partial charge is 0.339 e. The fourth-order valence-corrected chi connectivity index (χ4v) is 3.52. The van der Waals surface area contributed by atoms with Crippen LogP contribution in [0.5, 0.6) is 0 Å². The highest BCUT2D eigenvalue weighted by Crippen LogP contribution is 2.25. The average Bonchev–Trinajstić information content (AvgIpc) is 2.46. The topological polar surface area (TPSA) is 80.5 Å². The molecule has 2 N–H and O–H groups in total. The Morgan fingerprint density at radius 3 is 2.52 bits per heavy atom. The summed E-state index contributed by atoms with van der Waals surface area (Å²) in [4.78, 5) is 14.3. The van der Waals surface area contributed by atoms with Crippen LogP contribution >= 0.6 is 15.9 Å². The summed E-state index contributed by atoms with van der Waals surface area (Å²) in [6, 6.07) is 4.28. The van der Waals surface area contributed by atoms with Gasteiger partial charge < -0.3 is 4.90 Å². The van der Waals surface area contributed by atoms with Crippen molar-refractivity contribution in [3.8, 4) is 0 Å². The van der Waals surface area contributed by atoms with Crippen LogP contribution in [0.25, 0.3) is 0 Å². The molecule has 1 aromatic rings. The van der Waals surface area contributed by atoms with Crippen LogP contribution in [0.3, 0.4) is 0 Å². The molecule has 0 aliphatic carbocycles. The first-order valence-corrected chi connectivity index (χ1v) is 9.28. The smallest absolute Gasteiger partial charge is 0.255 e. The number of carbonyl (C=O) groups is 1. The maximum absolute atomic E-state index is 12.6. The van der Waals surface area contributed by atoms with Gasteiger partial charge in [0, 0.05) is 17.6 Å². The summed E-state index contributed by atoms with van der Waals surface area (Å²) in [6.45, 7) is 3.58. The second kappa shape index (κ2) is 6.46. The number of hydrogen-bond acceptors (Lipinski definition) is 3. The quantitative estimate of drug-likeness (QED) is 0.881. The number of likely N-dealkylation sites (tertiary alicyclic amines) is 1. The number of amides is 1. The van der Waals surface area contributed by atoms with Crippen molar-refractivity contribution in [2.45, 2.75) is 31.1 Å². The minimum atomic E-state index is -3.81. The number of benzene rings is 1. The van der Waals surface area contributed by atoms with Gasteiger partial charge in [0.2, 0.25) is 10.0 Å². The first-order valence-electron chi connectivity index (χ1n) is 6.94. The standard InChI is InChI=1S/C14H19BrN2O3S/c1-2-10-5-7-17(8-6-10)14(18)12-9-11(21(16,19)20)3-4-13(12)15/h3-4,9-10H,2,5-8H2,1H3,(H2,16,19,20). The van der Waals surface area contributed by atoms with E-state index in [9.17, 15) is 13.2 Å². The van der Waals surface area contributed by atoms with Crippen molar-refractivity contribution in [1.29, 1.82) is 0 Å². The molecule has 0 bridgehead atoms. The van der Waals surface area contributed by atoms with Crippen molar-refractivity contribution in [1.82, 2.24) is 4.90 Å². The highest BCUT2D eigenvalue weighted by Gasteiger charge is 2.25. The molecule has 0 spiro atoms. The molecule has 0 saturated carbocycles. The van der Waals surface area contributed by atoms with Crippen LogP contribution in [0.1, 0.15) is 36.5 Å². The Morgan fingerprint density at radius 1 is 1.38 bits per heavy atom. The lowest BCUT2D eigenvalue weighted by Crippen LogP contribution is -2.38. The van der Waals surface area contributed by atoms with E-state index in [4.69, 9.17) is 5.14 Å². The summed E-state index contributed by atoms with van der Waals surface area (Å²) in [5, 5.41) is 5.12. The number of halogens is 1. The second-order valence-corrected chi connectivity index (χ2v) is 7.75. The van der Waals surface area contributed by atoms with Crippen molar-refractivity contribution in [3.05, 3.63) is 28.2 Å². The molecule has 116 valence electrons. The van der Waals surface area contributed by atoms with Crippen LogP contribution < -0.4 is 5.14 Å². The Morgan fingerprint density at radius 2 is 2.00 bits per heavy atom. The molecule has 1 aromatic carbocycles. The van der Waals surface area contributed by atoms with Gasteiger partial charge in [-0.2, -0.15) is 0 Å². The summed E-state index contributed by atoms with van der Waals surface area (Å²) in [6.07, 6.45) is 3.12. The number of hydrogen-bond donors (Lipinski definition) is 1. The molecule has 0 atom stereocenters. The molecule has 0 radical (unpaired) electrons. The van der Waals surface area contributed by atoms with Crippen LogP contribution in [0.2, 0.25) is 0 Å². The number of piperidine rings is 1. The molecule has 1 fully saturated rings. The van der Waals surface area contributed by atoms with Gasteiger partial charge >= 0.3 is 0 Å². The van der Waals surface area contributed by atoms with Crippen molar-refractivity contribution < 1.29 is 13.2 Å². The molecule has 1 heterocycles. The van der Waals surface area contributed by atoms with Crippen molar-refractivity contribution in [2.24, 2.45) is 11.1 Å². The molecule has 7 heteroatoms. The maximum Gasteiger partial charge on any atom is 0.255 e. The van der Waals surface area contributed by atoms with Crippen molar-refractivity contribution in [3.63, 3.8) is 0 Å². The molecular formula is C14H19BrN2O3S. The van der Waals surface area contributed by atoms with E-state index >= 15 is 0 Å². The van der Waals surface area contributed by atoms with E-state index in [1.807, 2.05) is 0 Å². The number of nitrogens with zero attached hydrogens (tertiary/aromatic N) is 1. The maximum atomic E-state index is 12.6. The summed E-state index contributed by atoms with van der Waals surface area (Å²) in [5.74, 6) is 0.523. The van der Waals surface area contributed by atoms with Gasteiger partial charge in [-0.25, -0.2) is 13.6 Å². The zero-order valence-corrected chi connectivity index (χ0v) is 14.3. The third-order valence-electron chi connectivity index (χ3n) is 3.98. The Kier molecular flexibility index (Phi) is 5.06. The Hall–Kier alpha value is -0.920. The Balaban J connectivity index is 2.23. The minimum Gasteiger partial charge on any atom is -0.339 e. The van der Waals surface area contributed by atoms with Crippen LogP contribution in [0.15, 0.2) is 27.6 Å². The van der Waals surface area contributed by atoms with Gasteiger partial charge in [-0.1, -0.05) is 13.3 Å². The van der Waals surface area contributed by atoms with E-state index < -0.39 is 10.0 Å². The SMILES string of the molecule is CCC1CCN(C(=O)c2cc(S(N)(=O)=O)ccc2Br)CC1. The van der Waals surface area contributed by atoms with Gasteiger partial charge in [0.1, 0.15) is 0 Å². The van der Waals surface area contributed by atoms with E-state index in [-0.39, 0.29) is 10.8 Å². The predicted octanol–water partition coefficient (Wildman–Crippen LogP) is 2.36. The number of carbonyl (C=O) groups excluding carboxylic acids is 1. The molecule has 1 saturated heterocycles. The molecule has 1 aliphatic heterocycles. The molecule has 1 aliphatic rings. The van der Waals surface area contributed by atoms with Crippen LogP contribution in [0.4, 0.5) is 0 Å². The van der Waals surface area contributed by atoms with Crippen molar-refractivity contribution >= 4 is 31.9 Å². The Bertz CT molecular complexity index is 638. The summed E-state index contributed by atoms with van der Waals surface area (Å²) < 4.78 is 23.4. The fraction of sp³-hybridized carbons (Fsp3) is 0.500. The molecule has 5 nitrogen and oxygen atoms in total.